The maximum absolute atomic E-state index is 12.9. The van der Waals surface area contributed by atoms with Crippen LogP contribution in [0.25, 0.3) is 0 Å². The van der Waals surface area contributed by atoms with E-state index in [1.807, 2.05) is 22.6 Å². The number of benzene rings is 1. The van der Waals surface area contributed by atoms with Crippen LogP contribution < -0.4 is 4.31 Å². The third-order valence-electron chi connectivity index (χ3n) is 3.05. The number of nitrogens with zero attached hydrogens (tertiary/aromatic N) is 3. The van der Waals surface area contributed by atoms with Crippen molar-refractivity contribution >= 4 is 44.4 Å². The molecular weight excluding hydrogens is 471 g/mol. The molecule has 134 valence electrons. The Morgan fingerprint density at radius 2 is 1.88 bits per heavy atom. The van der Waals surface area contributed by atoms with Crippen LogP contribution in [0.3, 0.4) is 0 Å². The molecule has 11 heteroatoms. The topological polar surface area (TPSA) is 100 Å². The summed E-state index contributed by atoms with van der Waals surface area (Å²) in [4.78, 5) is 18.4. The minimum Gasteiger partial charge on any atom is -0.476 e. The summed E-state index contributed by atoms with van der Waals surface area (Å²) < 4.78 is 52.2. The number of alkyl halides is 2. The van der Waals surface area contributed by atoms with Gasteiger partial charge in [-0.05, 0) is 34.2 Å². The van der Waals surface area contributed by atoms with E-state index in [0.717, 1.165) is 12.4 Å². The first kappa shape index (κ1) is 19.4. The number of hydrogen-bond donors (Lipinski definition) is 1. The molecule has 0 fully saturated rings. The van der Waals surface area contributed by atoms with Gasteiger partial charge in [-0.3, -0.25) is 0 Å². The highest BCUT2D eigenvalue weighted by Crippen LogP contribution is 2.24. The van der Waals surface area contributed by atoms with E-state index in [2.05, 4.69) is 9.97 Å². The van der Waals surface area contributed by atoms with Crippen molar-refractivity contribution in [1.29, 1.82) is 0 Å². The molecule has 0 bridgehead atoms. The number of anilines is 1. The van der Waals surface area contributed by atoms with E-state index in [1.54, 1.807) is 24.3 Å². The van der Waals surface area contributed by atoms with Crippen LogP contribution in [0.1, 0.15) is 16.1 Å². The van der Waals surface area contributed by atoms with E-state index < -0.39 is 46.2 Å². The summed E-state index contributed by atoms with van der Waals surface area (Å²) >= 11 is 1.93. The van der Waals surface area contributed by atoms with Gasteiger partial charge in [0.15, 0.2) is 11.5 Å². The summed E-state index contributed by atoms with van der Waals surface area (Å²) in [7, 11) is -4.32. The number of carbonyl (C=O) groups is 1. The van der Waals surface area contributed by atoms with Crippen molar-refractivity contribution in [2.45, 2.75) is 12.2 Å². The van der Waals surface area contributed by atoms with E-state index in [0.29, 0.717) is 13.4 Å². The average molecular weight is 483 g/mol. The lowest BCUT2D eigenvalue weighted by molar-refractivity contribution is 0.0690. The van der Waals surface area contributed by atoms with Gasteiger partial charge in [-0.25, -0.2) is 36.3 Å². The monoisotopic (exact) mass is 483 g/mol. The maximum Gasteiger partial charge on any atom is 0.358 e. The van der Waals surface area contributed by atoms with Crippen molar-refractivity contribution < 1.29 is 27.1 Å². The van der Waals surface area contributed by atoms with E-state index >= 15 is 0 Å². The van der Waals surface area contributed by atoms with Crippen LogP contribution in [0.15, 0.2) is 36.7 Å². The SMILES string of the molecule is O=C(O)c1nccnc1N(CC(F)F)S(=O)(=O)Cc1ccccc1I. The molecule has 0 aliphatic rings. The quantitative estimate of drug-likeness (QED) is 0.608. The van der Waals surface area contributed by atoms with Gasteiger partial charge < -0.3 is 5.11 Å². The largest absolute Gasteiger partial charge is 0.476 e. The van der Waals surface area contributed by atoms with Gasteiger partial charge in [0.05, 0.1) is 12.3 Å². The van der Waals surface area contributed by atoms with Crippen molar-refractivity contribution in [2.24, 2.45) is 0 Å². The number of sulfonamides is 1. The smallest absolute Gasteiger partial charge is 0.358 e. The molecule has 25 heavy (non-hydrogen) atoms. The summed E-state index contributed by atoms with van der Waals surface area (Å²) in [6.07, 6.45) is -0.935. The van der Waals surface area contributed by atoms with Gasteiger partial charge in [0.1, 0.15) is 0 Å². The van der Waals surface area contributed by atoms with Gasteiger partial charge in [0.2, 0.25) is 10.0 Å². The molecule has 0 aliphatic heterocycles. The zero-order valence-corrected chi connectivity index (χ0v) is 15.5. The average Bonchev–Trinajstić information content (AvgIpc) is 2.54. The summed E-state index contributed by atoms with van der Waals surface area (Å²) in [6, 6.07) is 6.55. The second-order valence-corrected chi connectivity index (χ2v) is 7.86. The van der Waals surface area contributed by atoms with Gasteiger partial charge in [0, 0.05) is 16.0 Å². The molecule has 0 radical (unpaired) electrons. The van der Waals surface area contributed by atoms with Crippen LogP contribution in [0, 0.1) is 3.57 Å². The Morgan fingerprint density at radius 1 is 1.24 bits per heavy atom. The van der Waals surface area contributed by atoms with Gasteiger partial charge in [-0.2, -0.15) is 0 Å². The number of hydrogen-bond acceptors (Lipinski definition) is 5. The molecule has 7 nitrogen and oxygen atoms in total. The van der Waals surface area contributed by atoms with Crippen molar-refractivity contribution in [3.63, 3.8) is 0 Å². The summed E-state index contributed by atoms with van der Waals surface area (Å²) in [5, 5.41) is 9.14. The van der Waals surface area contributed by atoms with E-state index in [-0.39, 0.29) is 0 Å². The lowest BCUT2D eigenvalue weighted by atomic mass is 10.2. The normalized spacial score (nSPS) is 11.5. The first-order valence-corrected chi connectivity index (χ1v) is 9.47. The van der Waals surface area contributed by atoms with Crippen molar-refractivity contribution in [1.82, 2.24) is 9.97 Å². The Bertz CT molecular complexity index is 880. The number of carboxylic acid groups (broad SMARTS) is 1. The van der Waals surface area contributed by atoms with Gasteiger partial charge in [-0.1, -0.05) is 18.2 Å². The molecule has 2 aromatic rings. The Labute approximate surface area is 155 Å². The van der Waals surface area contributed by atoms with Crippen LogP contribution in [-0.2, 0) is 15.8 Å². The van der Waals surface area contributed by atoms with Gasteiger partial charge >= 0.3 is 5.97 Å². The van der Waals surface area contributed by atoms with Crippen LogP contribution in [0.5, 0.6) is 0 Å². The molecule has 0 spiro atoms. The molecule has 0 saturated heterocycles. The predicted molar refractivity (Wildman–Crippen MR) is 94.1 cm³/mol. The second-order valence-electron chi connectivity index (χ2n) is 4.80. The molecule has 1 aromatic carbocycles. The van der Waals surface area contributed by atoms with Crippen molar-refractivity contribution in [3.05, 3.63) is 51.5 Å². The Balaban J connectivity index is 2.50. The highest BCUT2D eigenvalue weighted by molar-refractivity contribution is 14.1. The fourth-order valence-electron chi connectivity index (χ4n) is 2.01. The first-order valence-electron chi connectivity index (χ1n) is 6.78. The van der Waals surface area contributed by atoms with E-state index in [1.165, 1.54) is 0 Å². The first-order chi connectivity index (χ1) is 11.7. The maximum atomic E-state index is 12.9. The van der Waals surface area contributed by atoms with E-state index in [4.69, 9.17) is 5.11 Å². The molecule has 1 N–H and O–H groups in total. The van der Waals surface area contributed by atoms with Crippen LogP contribution in [0.4, 0.5) is 14.6 Å². The van der Waals surface area contributed by atoms with Crippen LogP contribution in [-0.4, -0.2) is 42.4 Å². The van der Waals surface area contributed by atoms with Gasteiger partial charge in [0.25, 0.3) is 6.43 Å². The highest BCUT2D eigenvalue weighted by atomic mass is 127. The lowest BCUT2D eigenvalue weighted by Crippen LogP contribution is -2.38. The van der Waals surface area contributed by atoms with E-state index in [9.17, 15) is 22.0 Å². The number of rotatable bonds is 7. The number of aromatic carboxylic acids is 1. The lowest BCUT2D eigenvalue weighted by Gasteiger charge is -2.24. The molecule has 0 saturated carbocycles. The standard InChI is InChI=1S/C14H12F2IN3O4S/c15-11(16)7-20(13-12(14(21)22)18-5-6-19-13)25(23,24)8-9-3-1-2-4-10(9)17/h1-6,11H,7-8H2,(H,21,22). The van der Waals surface area contributed by atoms with Crippen LogP contribution >= 0.6 is 22.6 Å². The Kier molecular flexibility index (Phi) is 6.21. The van der Waals surface area contributed by atoms with Crippen molar-refractivity contribution in [2.75, 3.05) is 10.8 Å². The van der Waals surface area contributed by atoms with Gasteiger partial charge in [-0.15, -0.1) is 0 Å². The minimum absolute atomic E-state index is 0.303. The minimum atomic E-state index is -4.32. The number of carboxylic acids is 1. The molecule has 0 unspecified atom stereocenters. The highest BCUT2D eigenvalue weighted by Gasteiger charge is 2.31. The fourth-order valence-corrected chi connectivity index (χ4v) is 4.39. The van der Waals surface area contributed by atoms with Crippen molar-refractivity contribution in [3.8, 4) is 0 Å². The second kappa shape index (κ2) is 7.99. The molecule has 1 aromatic heterocycles. The summed E-state index contributed by atoms with van der Waals surface area (Å²) in [6.45, 7) is -1.22. The molecule has 0 amide bonds. The fraction of sp³-hybridized carbons (Fsp3) is 0.214. The molecular formula is C14H12F2IN3O4S. The number of halogens is 3. The molecule has 0 atom stereocenters. The third-order valence-corrected chi connectivity index (χ3v) is 5.77. The predicted octanol–water partition coefficient (Wildman–Crippen LogP) is 2.38. The molecule has 1 heterocycles. The zero-order valence-electron chi connectivity index (χ0n) is 12.5. The van der Waals surface area contributed by atoms with Crippen LogP contribution in [0.2, 0.25) is 0 Å². The summed E-state index contributed by atoms with van der Waals surface area (Å²) in [5.74, 6) is -2.78. The third kappa shape index (κ3) is 4.81. The Hall–Kier alpha value is -1.89. The summed E-state index contributed by atoms with van der Waals surface area (Å²) in [5.41, 5.74) is -0.308. The number of aromatic nitrogens is 2. The zero-order chi connectivity index (χ0) is 18.6. The molecule has 2 rings (SSSR count). The molecule has 0 aliphatic carbocycles. The Morgan fingerprint density at radius 3 is 2.48 bits per heavy atom.